The summed E-state index contributed by atoms with van der Waals surface area (Å²) < 4.78 is 0. The first-order valence-electron chi connectivity index (χ1n) is 4.81. The molecular weight excluding hydrogens is 238 g/mol. The van der Waals surface area contributed by atoms with Gasteiger partial charge in [-0.2, -0.15) is 0 Å². The molecule has 2 aromatic rings. The third kappa shape index (κ3) is 2.73. The molecule has 0 aliphatic rings. The van der Waals surface area contributed by atoms with Gasteiger partial charge < -0.3 is 5.11 Å². The normalized spacial score (nSPS) is 10.9. The summed E-state index contributed by atoms with van der Waals surface area (Å²) in [6.07, 6.45) is 7.45. The number of rotatable bonds is 3. The molecule has 0 aliphatic heterocycles. The number of hydrogen-bond acceptors (Lipinski definition) is 5. The highest BCUT2D eigenvalue weighted by Gasteiger charge is 2.08. The van der Waals surface area contributed by atoms with Crippen molar-refractivity contribution in [1.82, 2.24) is 15.0 Å². The van der Waals surface area contributed by atoms with Crippen LogP contribution >= 0.6 is 11.3 Å². The second kappa shape index (κ2) is 4.84. The van der Waals surface area contributed by atoms with E-state index in [1.165, 1.54) is 17.4 Å². The van der Waals surface area contributed by atoms with Gasteiger partial charge in [-0.25, -0.2) is 9.78 Å². The maximum atomic E-state index is 10.4. The first-order chi connectivity index (χ1) is 8.16. The molecule has 0 radical (unpaired) electrons. The molecule has 6 heteroatoms. The van der Waals surface area contributed by atoms with Crippen molar-refractivity contribution in [2.45, 2.75) is 6.92 Å². The van der Waals surface area contributed by atoms with Crippen molar-refractivity contribution < 1.29 is 9.90 Å². The van der Waals surface area contributed by atoms with E-state index in [2.05, 4.69) is 15.0 Å². The average molecular weight is 247 g/mol. The molecule has 0 amide bonds. The van der Waals surface area contributed by atoms with Gasteiger partial charge in [0.1, 0.15) is 10.7 Å². The monoisotopic (exact) mass is 247 g/mol. The van der Waals surface area contributed by atoms with E-state index < -0.39 is 5.97 Å². The van der Waals surface area contributed by atoms with E-state index in [0.29, 0.717) is 5.69 Å². The Morgan fingerprint density at radius 1 is 1.47 bits per heavy atom. The van der Waals surface area contributed by atoms with Gasteiger partial charge in [0.05, 0.1) is 16.8 Å². The zero-order valence-corrected chi connectivity index (χ0v) is 9.81. The van der Waals surface area contributed by atoms with Crippen LogP contribution in [0.1, 0.15) is 10.6 Å². The van der Waals surface area contributed by atoms with Crippen molar-refractivity contribution in [1.29, 1.82) is 0 Å². The fourth-order valence-electron chi connectivity index (χ4n) is 1.23. The van der Waals surface area contributed by atoms with Crippen LogP contribution < -0.4 is 0 Å². The predicted molar refractivity (Wildman–Crippen MR) is 64.5 cm³/mol. The Hall–Kier alpha value is -2.08. The Labute approximate surface area is 102 Å². The minimum Gasteiger partial charge on any atom is -0.478 e. The van der Waals surface area contributed by atoms with Crippen molar-refractivity contribution in [2.24, 2.45) is 0 Å². The lowest BCUT2D eigenvalue weighted by Crippen LogP contribution is -1.85. The molecule has 0 bridgehead atoms. The van der Waals surface area contributed by atoms with Crippen molar-refractivity contribution in [3.05, 3.63) is 35.2 Å². The summed E-state index contributed by atoms with van der Waals surface area (Å²) in [5.74, 6) is -0.973. The molecule has 2 rings (SSSR count). The van der Waals surface area contributed by atoms with Crippen LogP contribution in [0.4, 0.5) is 0 Å². The standard InChI is InChI=1S/C11H9N3O2S/c1-7-9(2-3-10(15)16)17-11(14-7)8-6-12-4-5-13-8/h2-6H,1H3,(H,15,16)/b3-2+. The quantitative estimate of drug-likeness (QED) is 0.839. The molecule has 2 heterocycles. The Morgan fingerprint density at radius 3 is 2.94 bits per heavy atom. The van der Waals surface area contributed by atoms with Crippen molar-refractivity contribution >= 4 is 23.4 Å². The molecule has 0 saturated heterocycles. The SMILES string of the molecule is Cc1nc(-c2cnccn2)sc1/C=C/C(=O)O. The van der Waals surface area contributed by atoms with Gasteiger partial charge in [0.15, 0.2) is 0 Å². The summed E-state index contributed by atoms with van der Waals surface area (Å²) >= 11 is 1.39. The largest absolute Gasteiger partial charge is 0.478 e. The van der Waals surface area contributed by atoms with Crippen LogP contribution in [0.25, 0.3) is 16.8 Å². The lowest BCUT2D eigenvalue weighted by molar-refractivity contribution is -0.131. The Bertz CT molecular complexity index is 563. The summed E-state index contributed by atoms with van der Waals surface area (Å²) in [6, 6.07) is 0. The van der Waals surface area contributed by atoms with Crippen molar-refractivity contribution in [3.63, 3.8) is 0 Å². The number of carboxylic acid groups (broad SMARTS) is 1. The second-order valence-electron chi connectivity index (χ2n) is 3.23. The summed E-state index contributed by atoms with van der Waals surface area (Å²) in [6.45, 7) is 1.83. The first-order valence-corrected chi connectivity index (χ1v) is 5.63. The molecular formula is C11H9N3O2S. The molecule has 0 fully saturated rings. The molecule has 0 aliphatic carbocycles. The number of aliphatic carboxylic acids is 1. The molecule has 0 spiro atoms. The molecule has 0 saturated carbocycles. The average Bonchev–Trinajstić information content (AvgIpc) is 2.69. The van der Waals surface area contributed by atoms with Crippen LogP contribution in [-0.4, -0.2) is 26.0 Å². The van der Waals surface area contributed by atoms with E-state index >= 15 is 0 Å². The van der Waals surface area contributed by atoms with Gasteiger partial charge >= 0.3 is 5.97 Å². The fourth-order valence-corrected chi connectivity index (χ4v) is 2.16. The summed E-state index contributed by atoms with van der Waals surface area (Å²) in [4.78, 5) is 23.7. The molecule has 17 heavy (non-hydrogen) atoms. The lowest BCUT2D eigenvalue weighted by atomic mass is 10.3. The van der Waals surface area contributed by atoms with Crippen LogP contribution in [-0.2, 0) is 4.79 Å². The third-order valence-corrected chi connectivity index (χ3v) is 3.14. The van der Waals surface area contributed by atoms with E-state index in [9.17, 15) is 4.79 Å². The predicted octanol–water partition coefficient (Wildman–Crippen LogP) is 2.01. The minimum atomic E-state index is -0.973. The number of carboxylic acids is 1. The van der Waals surface area contributed by atoms with E-state index in [4.69, 9.17) is 5.11 Å². The smallest absolute Gasteiger partial charge is 0.328 e. The number of aromatic nitrogens is 3. The Kier molecular flexibility index (Phi) is 3.24. The van der Waals surface area contributed by atoms with Gasteiger partial charge in [0.2, 0.25) is 0 Å². The number of carbonyl (C=O) groups is 1. The van der Waals surface area contributed by atoms with Gasteiger partial charge in [-0.15, -0.1) is 11.3 Å². The van der Waals surface area contributed by atoms with E-state index in [-0.39, 0.29) is 0 Å². The molecule has 86 valence electrons. The first kappa shape index (κ1) is 11.4. The number of hydrogen-bond donors (Lipinski definition) is 1. The van der Waals surface area contributed by atoms with Gasteiger partial charge in [-0.1, -0.05) is 0 Å². The lowest BCUT2D eigenvalue weighted by Gasteiger charge is -1.90. The van der Waals surface area contributed by atoms with E-state index in [1.807, 2.05) is 6.92 Å². The number of thiazole rings is 1. The summed E-state index contributed by atoms with van der Waals surface area (Å²) in [7, 11) is 0. The van der Waals surface area contributed by atoms with Crippen molar-refractivity contribution in [2.75, 3.05) is 0 Å². The topological polar surface area (TPSA) is 76.0 Å². The van der Waals surface area contributed by atoms with Crippen LogP contribution in [0, 0.1) is 6.92 Å². The van der Waals surface area contributed by atoms with E-state index in [1.54, 1.807) is 18.6 Å². The van der Waals surface area contributed by atoms with E-state index in [0.717, 1.165) is 21.7 Å². The van der Waals surface area contributed by atoms with Crippen LogP contribution in [0.2, 0.25) is 0 Å². The van der Waals surface area contributed by atoms with Crippen molar-refractivity contribution in [3.8, 4) is 10.7 Å². The Morgan fingerprint density at radius 2 is 2.29 bits per heavy atom. The zero-order valence-electron chi connectivity index (χ0n) is 8.99. The highest BCUT2D eigenvalue weighted by Crippen LogP contribution is 2.26. The van der Waals surface area contributed by atoms with Gasteiger partial charge in [0.25, 0.3) is 0 Å². The second-order valence-corrected chi connectivity index (χ2v) is 4.26. The van der Waals surface area contributed by atoms with Crippen LogP contribution in [0.15, 0.2) is 24.7 Å². The summed E-state index contributed by atoms with van der Waals surface area (Å²) in [5, 5.41) is 9.30. The Balaban J connectivity index is 2.34. The fraction of sp³-hybridized carbons (Fsp3) is 0.0909. The molecule has 1 N–H and O–H groups in total. The molecule has 0 atom stereocenters. The summed E-state index contributed by atoms with van der Waals surface area (Å²) in [5.41, 5.74) is 1.48. The molecule has 0 aromatic carbocycles. The highest BCUT2D eigenvalue weighted by atomic mass is 32.1. The van der Waals surface area contributed by atoms with Gasteiger partial charge in [-0.05, 0) is 13.0 Å². The maximum absolute atomic E-state index is 10.4. The molecule has 5 nitrogen and oxygen atoms in total. The maximum Gasteiger partial charge on any atom is 0.328 e. The highest BCUT2D eigenvalue weighted by molar-refractivity contribution is 7.16. The van der Waals surface area contributed by atoms with Gasteiger partial charge in [-0.3, -0.25) is 9.97 Å². The van der Waals surface area contributed by atoms with Gasteiger partial charge in [0, 0.05) is 18.5 Å². The molecule has 2 aromatic heterocycles. The van der Waals surface area contributed by atoms with Crippen LogP contribution in [0.3, 0.4) is 0 Å². The minimum absolute atomic E-state index is 0.690. The zero-order chi connectivity index (χ0) is 12.3. The number of nitrogens with zero attached hydrogens (tertiary/aromatic N) is 3. The molecule has 0 unspecified atom stereocenters. The third-order valence-electron chi connectivity index (χ3n) is 1.99. The van der Waals surface area contributed by atoms with Crippen LogP contribution in [0.5, 0.6) is 0 Å². The number of aryl methyl sites for hydroxylation is 1.